The summed E-state index contributed by atoms with van der Waals surface area (Å²) >= 11 is 0. The summed E-state index contributed by atoms with van der Waals surface area (Å²) in [7, 11) is 12.8. The second-order valence-electron chi connectivity index (χ2n) is 14.1. The molecule has 0 fully saturated rings. The van der Waals surface area contributed by atoms with Crippen LogP contribution in [0.1, 0.15) is 47.9 Å². The molecule has 0 atom stereocenters. The first kappa shape index (κ1) is 41.0. The van der Waals surface area contributed by atoms with Gasteiger partial charge >= 0.3 is 0 Å². The lowest BCUT2D eigenvalue weighted by Crippen LogP contribution is -2.06. The summed E-state index contributed by atoms with van der Waals surface area (Å²) in [5.41, 5.74) is 10.5. The number of aromatic nitrogens is 4. The molecule has 0 aliphatic heterocycles. The Hall–Kier alpha value is -5.80. The van der Waals surface area contributed by atoms with E-state index >= 15 is 0 Å². The summed E-state index contributed by atoms with van der Waals surface area (Å²) in [4.78, 5) is 19.2. The molecule has 306 valence electrons. The third kappa shape index (κ3) is 7.38. The highest BCUT2D eigenvalue weighted by molar-refractivity contribution is 6.31. The minimum Gasteiger partial charge on any atom is -0.350 e. The van der Waals surface area contributed by atoms with Crippen LogP contribution in [0.5, 0.6) is 0 Å². The molecule has 12 nitrogen and oxygen atoms in total. The van der Waals surface area contributed by atoms with Gasteiger partial charge in [0.05, 0.1) is 22.8 Å². The molecule has 0 saturated heterocycles. The van der Waals surface area contributed by atoms with E-state index in [0.29, 0.717) is 22.8 Å². The predicted molar refractivity (Wildman–Crippen MR) is 230 cm³/mol. The molecule has 60 heavy (non-hydrogen) atoms. The zero-order chi connectivity index (χ0) is 41.9. The summed E-state index contributed by atoms with van der Waals surface area (Å²) in [5, 5.41) is 6.46. The third-order valence-corrected chi connectivity index (χ3v) is 11.0. The quantitative estimate of drug-likeness (QED) is 0.0682. The highest BCUT2D eigenvalue weighted by Crippen LogP contribution is 2.48. The molecule has 0 saturated carbocycles. The average molecular weight is 807 g/mol. The van der Waals surface area contributed by atoms with Crippen molar-refractivity contribution in [2.24, 2.45) is 0 Å². The van der Waals surface area contributed by atoms with Crippen LogP contribution < -0.4 is 0 Å². The molecule has 0 aliphatic carbocycles. The van der Waals surface area contributed by atoms with Gasteiger partial charge in [0.2, 0.25) is 25.2 Å². The zero-order valence-electron chi connectivity index (χ0n) is 34.8. The van der Waals surface area contributed by atoms with E-state index < -0.39 is 25.2 Å². The van der Waals surface area contributed by atoms with E-state index in [4.69, 9.17) is 57.8 Å². The zero-order valence-corrected chi connectivity index (χ0v) is 34.8. The van der Waals surface area contributed by atoms with Crippen molar-refractivity contribution in [3.8, 4) is 44.5 Å². The Morgan fingerprint density at radius 1 is 0.300 bits per heavy atom. The molecule has 4 aromatic heterocycles. The Kier molecular flexibility index (Phi) is 12.2. The minimum atomic E-state index is -0.586. The van der Waals surface area contributed by atoms with Gasteiger partial charge in [0.1, 0.15) is 0 Å². The van der Waals surface area contributed by atoms with Crippen LogP contribution in [0.3, 0.4) is 0 Å². The Balaban J connectivity index is 1.44. The molecule has 4 heterocycles. The van der Waals surface area contributed by atoms with Crippen molar-refractivity contribution in [1.82, 2.24) is 19.9 Å². The van der Waals surface area contributed by atoms with Crippen LogP contribution in [0.2, 0.25) is 0 Å². The number of benzene rings is 4. The van der Waals surface area contributed by atoms with Crippen molar-refractivity contribution in [1.29, 1.82) is 0 Å². The molecule has 0 radical (unpaired) electrons. The fraction of sp³-hybridized carbons (Fsp3) is 0.250. The molecule has 0 amide bonds. The molecule has 0 N–H and O–H groups in total. The Labute approximate surface area is 348 Å². The maximum Gasteiger partial charge on any atom is 0.200 e. The van der Waals surface area contributed by atoms with E-state index in [1.165, 1.54) is 0 Å². The van der Waals surface area contributed by atoms with Gasteiger partial charge in [-0.1, -0.05) is 48.5 Å². The fourth-order valence-corrected chi connectivity index (χ4v) is 8.12. The van der Waals surface area contributed by atoms with Gasteiger partial charge in [-0.05, 0) is 91.0 Å². The summed E-state index contributed by atoms with van der Waals surface area (Å²) in [6.07, 6.45) is 5.15. The van der Waals surface area contributed by atoms with Gasteiger partial charge in [-0.25, -0.2) is 0 Å². The minimum absolute atomic E-state index is 0.586. The van der Waals surface area contributed by atoms with E-state index in [-0.39, 0.29) is 0 Å². The number of methoxy groups -OCH3 is 8. The standard InChI is InChI=1S/C48H46N4O8/c1-53-45(54-2)39-17-9-27(23-49-39)35-21-36(28-10-18-40(50-24-28)46(55-3)56-4)32-15-16-34-38(30-12-20-42(52-26-30)48(59-7)60-8)22-37(33-14-13-31(35)43(32)44(33)34)29-11-19-41(51-25-29)47(57-5)58-6/h9-26,45-48H,1-8H3. The second kappa shape index (κ2) is 17.8. The summed E-state index contributed by atoms with van der Waals surface area (Å²) in [6.45, 7) is 0. The lowest BCUT2D eigenvalue weighted by molar-refractivity contribution is -0.108. The lowest BCUT2D eigenvalue weighted by Gasteiger charge is -2.22. The smallest absolute Gasteiger partial charge is 0.200 e. The number of hydrogen-bond acceptors (Lipinski definition) is 12. The molecule has 4 aromatic carbocycles. The van der Waals surface area contributed by atoms with Crippen LogP contribution in [0.25, 0.3) is 76.8 Å². The largest absolute Gasteiger partial charge is 0.350 e. The summed E-state index contributed by atoms with van der Waals surface area (Å²) in [5.74, 6) is 0. The first-order valence-electron chi connectivity index (χ1n) is 19.3. The van der Waals surface area contributed by atoms with E-state index in [1.54, 1.807) is 56.9 Å². The summed E-state index contributed by atoms with van der Waals surface area (Å²) in [6, 6.07) is 29.3. The van der Waals surface area contributed by atoms with Crippen LogP contribution in [0.15, 0.2) is 110 Å². The van der Waals surface area contributed by atoms with E-state index in [1.807, 2.05) is 49.1 Å². The maximum absolute atomic E-state index is 5.51. The van der Waals surface area contributed by atoms with Gasteiger partial charge in [0.25, 0.3) is 0 Å². The number of nitrogens with zero attached hydrogens (tertiary/aromatic N) is 4. The SMILES string of the molecule is COC(OC)c1ccc(-c2cc(-c3ccc(C(OC)OC)nc3)c3ccc4c(-c5ccc(C(OC)OC)nc5)cc(-c5ccc(C(OC)OC)nc5)c5ccc2c3c54)cn1. The highest BCUT2D eigenvalue weighted by atomic mass is 16.7. The predicted octanol–water partition coefficient (Wildman–Crippen LogP) is 10.00. The number of rotatable bonds is 16. The van der Waals surface area contributed by atoms with Gasteiger partial charge in [-0.2, -0.15) is 0 Å². The first-order chi connectivity index (χ1) is 29.4. The molecule has 12 heteroatoms. The van der Waals surface area contributed by atoms with Crippen LogP contribution in [-0.4, -0.2) is 76.8 Å². The molecule has 0 bridgehead atoms. The first-order valence-corrected chi connectivity index (χ1v) is 19.3. The second-order valence-corrected chi connectivity index (χ2v) is 14.1. The van der Waals surface area contributed by atoms with Crippen molar-refractivity contribution >= 4 is 32.3 Å². The number of ether oxygens (including phenoxy) is 8. The third-order valence-electron chi connectivity index (χ3n) is 11.0. The lowest BCUT2D eigenvalue weighted by atomic mass is 9.82. The van der Waals surface area contributed by atoms with Crippen LogP contribution in [0.4, 0.5) is 0 Å². The topological polar surface area (TPSA) is 125 Å². The molecule has 8 rings (SSSR count). The molecular formula is C48H46N4O8. The van der Waals surface area contributed by atoms with E-state index in [9.17, 15) is 0 Å². The monoisotopic (exact) mass is 806 g/mol. The van der Waals surface area contributed by atoms with E-state index in [0.717, 1.165) is 76.8 Å². The van der Waals surface area contributed by atoms with Crippen molar-refractivity contribution in [3.63, 3.8) is 0 Å². The Bertz CT molecular complexity index is 2330. The normalized spacial score (nSPS) is 12.1. The van der Waals surface area contributed by atoms with Crippen LogP contribution in [-0.2, 0) is 37.9 Å². The maximum atomic E-state index is 5.51. The Morgan fingerprint density at radius 2 is 0.517 bits per heavy atom. The van der Waals surface area contributed by atoms with Crippen LogP contribution in [0, 0.1) is 0 Å². The number of hydrogen-bond donors (Lipinski definition) is 0. The molecular weight excluding hydrogens is 761 g/mol. The van der Waals surface area contributed by atoms with Crippen molar-refractivity contribution in [3.05, 3.63) is 132 Å². The molecule has 8 aromatic rings. The number of pyridine rings is 4. The van der Waals surface area contributed by atoms with E-state index in [2.05, 4.69) is 60.7 Å². The molecule has 0 spiro atoms. The Morgan fingerprint density at radius 3 is 0.683 bits per heavy atom. The van der Waals surface area contributed by atoms with Crippen LogP contribution >= 0.6 is 0 Å². The van der Waals surface area contributed by atoms with Gasteiger partial charge < -0.3 is 37.9 Å². The fourth-order valence-electron chi connectivity index (χ4n) is 8.12. The average Bonchev–Trinajstić information content (AvgIpc) is 3.30. The van der Waals surface area contributed by atoms with Crippen molar-refractivity contribution in [2.75, 3.05) is 56.9 Å². The van der Waals surface area contributed by atoms with Crippen molar-refractivity contribution in [2.45, 2.75) is 25.2 Å². The molecule has 0 unspecified atom stereocenters. The highest BCUT2D eigenvalue weighted by Gasteiger charge is 2.23. The van der Waals surface area contributed by atoms with Gasteiger partial charge in [0.15, 0.2) is 0 Å². The van der Waals surface area contributed by atoms with Gasteiger partial charge in [0, 0.05) is 104 Å². The molecule has 0 aliphatic rings. The van der Waals surface area contributed by atoms with Gasteiger partial charge in [-0.15, -0.1) is 0 Å². The summed E-state index contributed by atoms with van der Waals surface area (Å²) < 4.78 is 44.1. The van der Waals surface area contributed by atoms with Crippen molar-refractivity contribution < 1.29 is 37.9 Å². The van der Waals surface area contributed by atoms with Gasteiger partial charge in [-0.3, -0.25) is 19.9 Å².